The van der Waals surface area contributed by atoms with E-state index in [0.29, 0.717) is 0 Å². The first-order valence-corrected chi connectivity index (χ1v) is 7.62. The Balaban J connectivity index is 2.11. The lowest BCUT2D eigenvalue weighted by Crippen LogP contribution is -2.44. The number of urea groups is 1. The number of carbonyl (C=O) groups excluding carboxylic acids is 2. The second-order valence-corrected chi connectivity index (χ2v) is 5.63. The summed E-state index contributed by atoms with van der Waals surface area (Å²) in [5.74, 6) is -0.395. The Hall–Kier alpha value is -3.04. The molecule has 2 N–H and O–H groups in total. The van der Waals surface area contributed by atoms with E-state index in [-0.39, 0.29) is 18.1 Å². The Bertz CT molecular complexity index is 760. The molecular formula is C16H17F3N4O3. The molecule has 0 saturated heterocycles. The van der Waals surface area contributed by atoms with Gasteiger partial charge in [-0.3, -0.25) is 4.79 Å². The number of hydrogen-bond acceptors (Lipinski definition) is 4. The van der Waals surface area contributed by atoms with Gasteiger partial charge in [0, 0.05) is 12.1 Å². The van der Waals surface area contributed by atoms with Gasteiger partial charge in [-0.05, 0) is 26.0 Å². The van der Waals surface area contributed by atoms with Crippen molar-refractivity contribution in [1.82, 2.24) is 10.1 Å². The van der Waals surface area contributed by atoms with E-state index in [1.54, 1.807) is 13.8 Å². The predicted molar refractivity (Wildman–Crippen MR) is 87.4 cm³/mol. The lowest BCUT2D eigenvalue weighted by molar-refractivity contribution is -0.137. The monoisotopic (exact) mass is 370 g/mol. The molecule has 1 aromatic heterocycles. The van der Waals surface area contributed by atoms with E-state index in [1.165, 1.54) is 24.5 Å². The summed E-state index contributed by atoms with van der Waals surface area (Å²) in [5, 5.41) is 8.14. The third-order valence-electron chi connectivity index (χ3n) is 3.38. The van der Waals surface area contributed by atoms with Crippen LogP contribution < -0.4 is 10.6 Å². The van der Waals surface area contributed by atoms with Crippen LogP contribution in [0.25, 0.3) is 0 Å². The maximum Gasteiger partial charge on any atom is 0.418 e. The van der Waals surface area contributed by atoms with Gasteiger partial charge in [0.05, 0.1) is 11.3 Å². The second-order valence-electron chi connectivity index (χ2n) is 5.63. The highest BCUT2D eigenvalue weighted by atomic mass is 19.4. The molecule has 0 radical (unpaired) electrons. The number of nitrogens with zero attached hydrogens (tertiary/aromatic N) is 2. The van der Waals surface area contributed by atoms with Crippen LogP contribution in [0.5, 0.6) is 0 Å². The molecule has 26 heavy (non-hydrogen) atoms. The molecule has 0 saturated carbocycles. The molecule has 1 heterocycles. The number of alkyl halides is 3. The zero-order valence-corrected chi connectivity index (χ0v) is 14.0. The van der Waals surface area contributed by atoms with E-state index < -0.39 is 29.7 Å². The van der Waals surface area contributed by atoms with Crippen molar-refractivity contribution in [3.05, 3.63) is 42.2 Å². The number of para-hydroxylation sites is 1. The number of aromatic nitrogens is 1. The highest BCUT2D eigenvalue weighted by Crippen LogP contribution is 2.34. The third-order valence-corrected chi connectivity index (χ3v) is 3.38. The van der Waals surface area contributed by atoms with Gasteiger partial charge in [0.25, 0.3) is 0 Å². The molecule has 0 spiro atoms. The molecule has 0 aliphatic heterocycles. The van der Waals surface area contributed by atoms with Crippen LogP contribution in [0.15, 0.2) is 41.1 Å². The lowest BCUT2D eigenvalue weighted by Gasteiger charge is -2.26. The summed E-state index contributed by atoms with van der Waals surface area (Å²) in [5.41, 5.74) is -1.35. The Morgan fingerprint density at radius 1 is 1.19 bits per heavy atom. The van der Waals surface area contributed by atoms with E-state index in [9.17, 15) is 22.8 Å². The van der Waals surface area contributed by atoms with Gasteiger partial charge >= 0.3 is 12.2 Å². The van der Waals surface area contributed by atoms with Gasteiger partial charge in [0.1, 0.15) is 12.8 Å². The van der Waals surface area contributed by atoms with Crippen LogP contribution in [0, 0.1) is 0 Å². The molecule has 7 nitrogen and oxygen atoms in total. The average Bonchev–Trinajstić information content (AvgIpc) is 3.04. The summed E-state index contributed by atoms with van der Waals surface area (Å²) in [6.07, 6.45) is -3.35. The molecule has 0 aliphatic carbocycles. The van der Waals surface area contributed by atoms with Crippen LogP contribution >= 0.6 is 0 Å². The molecule has 1 aromatic carbocycles. The van der Waals surface area contributed by atoms with Gasteiger partial charge < -0.3 is 20.1 Å². The zero-order chi connectivity index (χ0) is 19.3. The minimum absolute atomic E-state index is 0.168. The van der Waals surface area contributed by atoms with Crippen LogP contribution in [-0.4, -0.2) is 34.6 Å². The summed E-state index contributed by atoms with van der Waals surface area (Å²) in [4.78, 5) is 25.5. The zero-order valence-electron chi connectivity index (χ0n) is 14.0. The standard InChI is InChI=1S/C16H17F3N4O3/c1-10(2)23(9-14(24)21-13-7-8-26-22-13)15(25)20-12-6-4-3-5-11(12)16(17,18)19/h3-8,10H,9H2,1-2H3,(H,20,25)(H,21,22,24). The van der Waals surface area contributed by atoms with Gasteiger partial charge in [-0.15, -0.1) is 0 Å². The number of halogens is 3. The normalized spacial score (nSPS) is 11.3. The molecule has 10 heteroatoms. The first-order valence-electron chi connectivity index (χ1n) is 7.62. The van der Waals surface area contributed by atoms with Crippen molar-refractivity contribution in [2.75, 3.05) is 17.2 Å². The maximum absolute atomic E-state index is 13.0. The molecule has 140 valence electrons. The summed E-state index contributed by atoms with van der Waals surface area (Å²) < 4.78 is 43.7. The van der Waals surface area contributed by atoms with Crippen molar-refractivity contribution in [3.63, 3.8) is 0 Å². The van der Waals surface area contributed by atoms with Gasteiger partial charge in [-0.2, -0.15) is 13.2 Å². The average molecular weight is 370 g/mol. The lowest BCUT2D eigenvalue weighted by atomic mass is 10.1. The summed E-state index contributed by atoms with van der Waals surface area (Å²) in [6.45, 7) is 2.90. The highest BCUT2D eigenvalue weighted by molar-refractivity contribution is 5.97. The Kier molecular flexibility index (Phi) is 5.86. The van der Waals surface area contributed by atoms with E-state index in [2.05, 4.69) is 20.3 Å². The van der Waals surface area contributed by atoms with Crippen molar-refractivity contribution in [3.8, 4) is 0 Å². The number of benzene rings is 1. The quantitative estimate of drug-likeness (QED) is 0.842. The number of nitrogens with one attached hydrogen (secondary N) is 2. The SMILES string of the molecule is CC(C)N(CC(=O)Nc1ccon1)C(=O)Nc1ccccc1C(F)(F)F. The molecule has 0 atom stereocenters. The third kappa shape index (κ3) is 4.98. The molecule has 0 aliphatic rings. The smallest absolute Gasteiger partial charge is 0.363 e. The number of anilines is 2. The van der Waals surface area contributed by atoms with E-state index in [1.807, 2.05) is 0 Å². The van der Waals surface area contributed by atoms with E-state index in [4.69, 9.17) is 0 Å². The van der Waals surface area contributed by atoms with Crippen molar-refractivity contribution >= 4 is 23.4 Å². The Morgan fingerprint density at radius 2 is 1.88 bits per heavy atom. The topological polar surface area (TPSA) is 87.5 Å². The van der Waals surface area contributed by atoms with Gasteiger partial charge in [-0.1, -0.05) is 17.3 Å². The van der Waals surface area contributed by atoms with Crippen molar-refractivity contribution in [1.29, 1.82) is 0 Å². The Morgan fingerprint density at radius 3 is 2.46 bits per heavy atom. The number of hydrogen-bond donors (Lipinski definition) is 2. The first kappa shape index (κ1) is 19.3. The van der Waals surface area contributed by atoms with Crippen LogP contribution in [0.1, 0.15) is 19.4 Å². The number of rotatable bonds is 5. The van der Waals surface area contributed by atoms with Gasteiger partial charge in [0.2, 0.25) is 5.91 Å². The Labute approximate surface area is 147 Å². The molecule has 0 unspecified atom stereocenters. The fourth-order valence-electron chi connectivity index (χ4n) is 2.13. The predicted octanol–water partition coefficient (Wildman–Crippen LogP) is 3.57. The summed E-state index contributed by atoms with van der Waals surface area (Å²) in [7, 11) is 0. The second kappa shape index (κ2) is 7.89. The number of amides is 3. The van der Waals surface area contributed by atoms with Crippen LogP contribution in [0.3, 0.4) is 0 Å². The fourth-order valence-corrected chi connectivity index (χ4v) is 2.13. The van der Waals surface area contributed by atoms with E-state index in [0.717, 1.165) is 17.0 Å². The van der Waals surface area contributed by atoms with Gasteiger partial charge in [-0.25, -0.2) is 4.79 Å². The van der Waals surface area contributed by atoms with Crippen molar-refractivity contribution in [2.45, 2.75) is 26.1 Å². The molecule has 0 fully saturated rings. The minimum Gasteiger partial charge on any atom is -0.363 e. The summed E-state index contributed by atoms with van der Waals surface area (Å²) in [6, 6.07) is 4.77. The maximum atomic E-state index is 13.0. The number of carbonyl (C=O) groups is 2. The van der Waals surface area contributed by atoms with Crippen LogP contribution in [-0.2, 0) is 11.0 Å². The van der Waals surface area contributed by atoms with Crippen molar-refractivity contribution in [2.24, 2.45) is 0 Å². The summed E-state index contributed by atoms with van der Waals surface area (Å²) >= 11 is 0. The highest BCUT2D eigenvalue weighted by Gasteiger charge is 2.34. The molecule has 2 rings (SSSR count). The van der Waals surface area contributed by atoms with Crippen LogP contribution in [0.2, 0.25) is 0 Å². The molecule has 0 bridgehead atoms. The minimum atomic E-state index is -4.61. The first-order chi connectivity index (χ1) is 12.2. The fraction of sp³-hybridized carbons (Fsp3) is 0.312. The van der Waals surface area contributed by atoms with E-state index >= 15 is 0 Å². The van der Waals surface area contributed by atoms with Gasteiger partial charge in [0.15, 0.2) is 5.82 Å². The molecule has 2 aromatic rings. The van der Waals surface area contributed by atoms with Crippen LogP contribution in [0.4, 0.5) is 29.5 Å². The molecule has 3 amide bonds. The largest absolute Gasteiger partial charge is 0.418 e. The van der Waals surface area contributed by atoms with Crippen molar-refractivity contribution < 1.29 is 27.3 Å². The molecular weight excluding hydrogens is 353 g/mol.